The predicted molar refractivity (Wildman–Crippen MR) is 72.4 cm³/mol. The molecule has 0 aromatic carbocycles. The summed E-state index contributed by atoms with van der Waals surface area (Å²) in [5.41, 5.74) is 0. The fourth-order valence-electron chi connectivity index (χ4n) is 2.89. The Morgan fingerprint density at radius 3 is 2.65 bits per heavy atom. The molecule has 2 saturated heterocycles. The van der Waals surface area contributed by atoms with Crippen molar-refractivity contribution in [2.24, 2.45) is 11.8 Å². The van der Waals surface area contributed by atoms with Crippen LogP contribution in [0.15, 0.2) is 0 Å². The molecule has 0 aliphatic carbocycles. The summed E-state index contributed by atoms with van der Waals surface area (Å²) in [5.74, 6) is 1.31. The average Bonchev–Trinajstić information content (AvgIpc) is 2.32. The monoisotopic (exact) mass is 260 g/mol. The minimum Gasteiger partial charge on any atom is -0.339 e. The maximum atomic E-state index is 12.4. The van der Waals surface area contributed by atoms with Crippen LogP contribution in [0.1, 0.15) is 39.5 Å². The highest BCUT2D eigenvalue weighted by Gasteiger charge is 2.31. The number of nitrogens with one attached hydrogen (secondary N) is 1. The molecule has 2 rings (SSSR count). The van der Waals surface area contributed by atoms with Crippen LogP contribution in [0.3, 0.4) is 0 Å². The second kappa shape index (κ2) is 6.60. The van der Waals surface area contributed by atoms with Crippen molar-refractivity contribution in [3.8, 4) is 0 Å². The molecular formula is C13H25ClN2O. The number of amides is 1. The van der Waals surface area contributed by atoms with E-state index in [0.717, 1.165) is 32.5 Å². The van der Waals surface area contributed by atoms with Gasteiger partial charge in [0.05, 0.1) is 5.92 Å². The molecule has 3 atom stereocenters. The number of carbonyl (C=O) groups excluding carboxylic acids is 1. The Kier molecular flexibility index (Phi) is 5.74. The standard InChI is InChI=1S/C13H24N2O.ClH/c1-10-5-6-11(2)15(9-10)13(16)12-4-3-7-14-8-12;/h10-12,14H,3-9H2,1-2H3;1H. The highest BCUT2D eigenvalue weighted by atomic mass is 35.5. The summed E-state index contributed by atoms with van der Waals surface area (Å²) in [6, 6.07) is 0.450. The summed E-state index contributed by atoms with van der Waals surface area (Å²) in [6.07, 6.45) is 4.67. The third kappa shape index (κ3) is 3.59. The molecule has 1 amide bonds. The Hall–Kier alpha value is -0.280. The van der Waals surface area contributed by atoms with Crippen LogP contribution in [0.2, 0.25) is 0 Å². The lowest BCUT2D eigenvalue weighted by Gasteiger charge is -2.39. The summed E-state index contributed by atoms with van der Waals surface area (Å²) in [5, 5.41) is 3.33. The Bertz CT molecular complexity index is 254. The number of likely N-dealkylation sites (tertiary alicyclic amines) is 1. The van der Waals surface area contributed by atoms with Crippen molar-refractivity contribution in [2.75, 3.05) is 19.6 Å². The van der Waals surface area contributed by atoms with Gasteiger partial charge in [0.2, 0.25) is 5.91 Å². The summed E-state index contributed by atoms with van der Waals surface area (Å²) in [6.45, 7) is 7.38. The number of piperidine rings is 2. The second-order valence-electron chi connectivity index (χ2n) is 5.57. The van der Waals surface area contributed by atoms with Crippen LogP contribution in [0.4, 0.5) is 0 Å². The Morgan fingerprint density at radius 1 is 1.24 bits per heavy atom. The van der Waals surface area contributed by atoms with Gasteiger partial charge < -0.3 is 10.2 Å². The van der Waals surface area contributed by atoms with E-state index in [-0.39, 0.29) is 18.3 Å². The zero-order valence-corrected chi connectivity index (χ0v) is 11.8. The third-order valence-corrected chi connectivity index (χ3v) is 4.05. The molecule has 17 heavy (non-hydrogen) atoms. The number of nitrogens with zero attached hydrogens (tertiary/aromatic N) is 1. The number of hydrogen-bond donors (Lipinski definition) is 1. The SMILES string of the molecule is CC1CCC(C)N(C(=O)C2CCCNC2)C1.Cl. The van der Waals surface area contributed by atoms with Gasteiger partial charge in [-0.3, -0.25) is 4.79 Å². The van der Waals surface area contributed by atoms with Gasteiger partial charge in [0.15, 0.2) is 0 Å². The minimum atomic E-state index is 0. The second-order valence-corrected chi connectivity index (χ2v) is 5.57. The van der Waals surface area contributed by atoms with Crippen LogP contribution in [0, 0.1) is 11.8 Å². The van der Waals surface area contributed by atoms with Crippen LogP contribution >= 0.6 is 12.4 Å². The highest BCUT2D eigenvalue weighted by Crippen LogP contribution is 2.24. The zero-order chi connectivity index (χ0) is 11.5. The predicted octanol–water partition coefficient (Wildman–Crippen LogP) is 2.05. The molecule has 2 aliphatic rings. The van der Waals surface area contributed by atoms with Crippen molar-refractivity contribution >= 4 is 18.3 Å². The van der Waals surface area contributed by atoms with Crippen LogP contribution < -0.4 is 5.32 Å². The van der Waals surface area contributed by atoms with Crippen molar-refractivity contribution in [1.82, 2.24) is 10.2 Å². The lowest BCUT2D eigenvalue weighted by atomic mass is 9.91. The molecule has 3 nitrogen and oxygen atoms in total. The molecule has 0 bridgehead atoms. The smallest absolute Gasteiger partial charge is 0.227 e. The summed E-state index contributed by atoms with van der Waals surface area (Å²) >= 11 is 0. The van der Waals surface area contributed by atoms with E-state index >= 15 is 0 Å². The zero-order valence-electron chi connectivity index (χ0n) is 10.9. The number of rotatable bonds is 1. The molecule has 0 aromatic rings. The molecule has 2 aliphatic heterocycles. The molecule has 2 heterocycles. The van der Waals surface area contributed by atoms with Crippen LogP contribution in [-0.2, 0) is 4.79 Å². The minimum absolute atomic E-state index is 0. The van der Waals surface area contributed by atoms with Gasteiger partial charge in [0.1, 0.15) is 0 Å². The number of hydrogen-bond acceptors (Lipinski definition) is 2. The average molecular weight is 261 g/mol. The molecule has 0 aromatic heterocycles. The summed E-state index contributed by atoms with van der Waals surface area (Å²) in [4.78, 5) is 14.5. The molecule has 4 heteroatoms. The van der Waals surface area contributed by atoms with Gasteiger partial charge in [0.25, 0.3) is 0 Å². The lowest BCUT2D eigenvalue weighted by molar-refractivity contribution is -0.140. The first-order valence-corrected chi connectivity index (χ1v) is 6.69. The Labute approximate surface area is 111 Å². The van der Waals surface area contributed by atoms with E-state index in [2.05, 4.69) is 24.1 Å². The van der Waals surface area contributed by atoms with Crippen LogP contribution in [0.25, 0.3) is 0 Å². The van der Waals surface area contributed by atoms with E-state index in [1.54, 1.807) is 0 Å². The Balaban J connectivity index is 0.00000144. The molecule has 100 valence electrons. The lowest BCUT2D eigenvalue weighted by Crippen LogP contribution is -2.50. The van der Waals surface area contributed by atoms with Crippen molar-refractivity contribution in [3.05, 3.63) is 0 Å². The van der Waals surface area contributed by atoms with Gasteiger partial charge in [-0.1, -0.05) is 6.92 Å². The summed E-state index contributed by atoms with van der Waals surface area (Å²) in [7, 11) is 0. The van der Waals surface area contributed by atoms with Crippen molar-refractivity contribution in [2.45, 2.75) is 45.6 Å². The molecular weight excluding hydrogens is 236 g/mol. The van der Waals surface area contributed by atoms with E-state index in [0.29, 0.717) is 17.9 Å². The molecule has 0 saturated carbocycles. The van der Waals surface area contributed by atoms with Gasteiger partial charge in [-0.05, 0) is 45.1 Å². The first-order valence-electron chi connectivity index (χ1n) is 6.69. The maximum Gasteiger partial charge on any atom is 0.227 e. The maximum absolute atomic E-state index is 12.4. The van der Waals surface area contributed by atoms with Crippen molar-refractivity contribution in [3.63, 3.8) is 0 Å². The number of halogens is 1. The fraction of sp³-hybridized carbons (Fsp3) is 0.923. The van der Waals surface area contributed by atoms with Gasteiger partial charge >= 0.3 is 0 Å². The van der Waals surface area contributed by atoms with E-state index in [9.17, 15) is 4.79 Å². The molecule has 0 spiro atoms. The van der Waals surface area contributed by atoms with Crippen molar-refractivity contribution in [1.29, 1.82) is 0 Å². The third-order valence-electron chi connectivity index (χ3n) is 4.05. The highest BCUT2D eigenvalue weighted by molar-refractivity contribution is 5.85. The molecule has 2 fully saturated rings. The molecule has 3 unspecified atom stereocenters. The largest absolute Gasteiger partial charge is 0.339 e. The molecule has 0 radical (unpaired) electrons. The topological polar surface area (TPSA) is 32.3 Å². The van der Waals surface area contributed by atoms with E-state index in [1.165, 1.54) is 12.8 Å². The van der Waals surface area contributed by atoms with E-state index in [4.69, 9.17) is 0 Å². The first-order chi connectivity index (χ1) is 7.68. The first kappa shape index (κ1) is 14.8. The van der Waals surface area contributed by atoms with Crippen LogP contribution in [0.5, 0.6) is 0 Å². The van der Waals surface area contributed by atoms with Gasteiger partial charge in [-0.2, -0.15) is 0 Å². The number of carbonyl (C=O) groups is 1. The fourth-order valence-corrected chi connectivity index (χ4v) is 2.89. The van der Waals surface area contributed by atoms with Crippen LogP contribution in [-0.4, -0.2) is 36.5 Å². The quantitative estimate of drug-likeness (QED) is 0.783. The van der Waals surface area contributed by atoms with Gasteiger partial charge in [0, 0.05) is 19.1 Å². The molecule has 1 N–H and O–H groups in total. The van der Waals surface area contributed by atoms with E-state index in [1.807, 2.05) is 0 Å². The normalized spacial score (nSPS) is 34.0. The van der Waals surface area contributed by atoms with Gasteiger partial charge in [-0.25, -0.2) is 0 Å². The summed E-state index contributed by atoms with van der Waals surface area (Å²) < 4.78 is 0. The Morgan fingerprint density at radius 2 is 2.00 bits per heavy atom. The van der Waals surface area contributed by atoms with E-state index < -0.39 is 0 Å². The van der Waals surface area contributed by atoms with Gasteiger partial charge in [-0.15, -0.1) is 12.4 Å². The van der Waals surface area contributed by atoms with Crippen molar-refractivity contribution < 1.29 is 4.79 Å².